The molecule has 3 rings (SSSR count). The Hall–Kier alpha value is -1.72. The van der Waals surface area contributed by atoms with E-state index >= 15 is 0 Å². The van der Waals surface area contributed by atoms with Gasteiger partial charge in [-0.2, -0.15) is 0 Å². The minimum atomic E-state index is -0.174. The second kappa shape index (κ2) is 5.95. The highest BCUT2D eigenvalue weighted by atomic mass is 16.7. The fourth-order valence-electron chi connectivity index (χ4n) is 2.87. The van der Waals surface area contributed by atoms with Gasteiger partial charge in [-0.05, 0) is 11.5 Å². The normalized spacial score (nSPS) is 28.9. The molecule has 1 aliphatic rings. The summed E-state index contributed by atoms with van der Waals surface area (Å²) in [5.41, 5.74) is 1.22. The third-order valence-electron chi connectivity index (χ3n) is 4.34. The lowest BCUT2D eigenvalue weighted by Gasteiger charge is -2.16. The summed E-state index contributed by atoms with van der Waals surface area (Å²) in [4.78, 5) is 0. The van der Waals surface area contributed by atoms with E-state index in [1.165, 1.54) is 5.56 Å². The van der Waals surface area contributed by atoms with Crippen LogP contribution in [0.15, 0.2) is 36.7 Å². The molecule has 0 amide bonds. The van der Waals surface area contributed by atoms with E-state index in [2.05, 4.69) is 40.7 Å². The van der Waals surface area contributed by atoms with Crippen LogP contribution in [-0.2, 0) is 16.0 Å². The minimum absolute atomic E-state index is 0.0730. The molecule has 2 aromatic rings. The van der Waals surface area contributed by atoms with Crippen molar-refractivity contribution in [2.75, 3.05) is 7.11 Å². The average Bonchev–Trinajstić information content (AvgIpc) is 3.06. The third kappa shape index (κ3) is 2.71. The van der Waals surface area contributed by atoms with E-state index in [-0.39, 0.29) is 12.4 Å². The van der Waals surface area contributed by atoms with Crippen molar-refractivity contribution < 1.29 is 9.47 Å². The van der Waals surface area contributed by atoms with Crippen LogP contribution in [-0.4, -0.2) is 28.2 Å². The van der Waals surface area contributed by atoms with Crippen LogP contribution in [0.1, 0.15) is 31.3 Å². The van der Waals surface area contributed by atoms with E-state index in [1.807, 2.05) is 18.2 Å². The van der Waals surface area contributed by atoms with Crippen molar-refractivity contribution in [1.29, 1.82) is 0 Å². The molecule has 1 aliphatic heterocycles. The maximum atomic E-state index is 6.01. The van der Waals surface area contributed by atoms with Gasteiger partial charge in [-0.1, -0.05) is 44.2 Å². The number of aromatic nitrogens is 3. The van der Waals surface area contributed by atoms with Gasteiger partial charge in [0.25, 0.3) is 0 Å². The van der Waals surface area contributed by atoms with Crippen LogP contribution in [0, 0.1) is 11.8 Å². The topological polar surface area (TPSA) is 49.2 Å². The first-order valence-electron chi connectivity index (χ1n) is 7.30. The molecule has 0 spiro atoms. The molecule has 1 aromatic heterocycles. The van der Waals surface area contributed by atoms with E-state index < -0.39 is 0 Å². The number of hydrogen-bond donors (Lipinski definition) is 0. The summed E-state index contributed by atoms with van der Waals surface area (Å²) < 4.78 is 13.5. The molecule has 0 saturated carbocycles. The van der Waals surface area contributed by atoms with Crippen LogP contribution >= 0.6 is 0 Å². The summed E-state index contributed by atoms with van der Waals surface area (Å²) in [6.45, 7) is 5.08. The number of benzene rings is 1. The van der Waals surface area contributed by atoms with Crippen LogP contribution in [0.5, 0.6) is 0 Å². The highest BCUT2D eigenvalue weighted by Crippen LogP contribution is 2.41. The number of nitrogens with zero attached hydrogens (tertiary/aromatic N) is 3. The van der Waals surface area contributed by atoms with Crippen LogP contribution < -0.4 is 0 Å². The van der Waals surface area contributed by atoms with Crippen LogP contribution in [0.25, 0.3) is 0 Å². The molecule has 0 radical (unpaired) electrons. The lowest BCUT2D eigenvalue weighted by Crippen LogP contribution is -2.17. The van der Waals surface area contributed by atoms with Crippen molar-refractivity contribution in [3.63, 3.8) is 0 Å². The zero-order valence-electron chi connectivity index (χ0n) is 12.6. The minimum Gasteiger partial charge on any atom is -0.356 e. The van der Waals surface area contributed by atoms with E-state index in [4.69, 9.17) is 9.47 Å². The van der Waals surface area contributed by atoms with Gasteiger partial charge in [0, 0.05) is 13.0 Å². The largest absolute Gasteiger partial charge is 0.356 e. The molecule has 21 heavy (non-hydrogen) atoms. The van der Waals surface area contributed by atoms with Gasteiger partial charge in [-0.3, -0.25) is 0 Å². The number of hydrogen-bond acceptors (Lipinski definition) is 4. The Morgan fingerprint density at radius 3 is 2.62 bits per heavy atom. The predicted octanol–water partition coefficient (Wildman–Crippen LogP) is 2.64. The van der Waals surface area contributed by atoms with Gasteiger partial charge < -0.3 is 14.0 Å². The molecule has 4 atom stereocenters. The first-order chi connectivity index (χ1) is 10.2. The Bertz CT molecular complexity index is 584. The third-order valence-corrected chi connectivity index (χ3v) is 4.34. The van der Waals surface area contributed by atoms with Crippen molar-refractivity contribution in [2.24, 2.45) is 11.8 Å². The molecular formula is C16H21N3O2. The SMILES string of the molecule is COC1O[C@H](c2nncn2Cc2ccccc2)[C@@H](C)[C@H]1C. The van der Waals surface area contributed by atoms with Crippen molar-refractivity contribution in [3.05, 3.63) is 48.0 Å². The summed E-state index contributed by atoms with van der Waals surface area (Å²) in [5.74, 6) is 1.55. The van der Waals surface area contributed by atoms with Gasteiger partial charge in [0.2, 0.25) is 0 Å². The van der Waals surface area contributed by atoms with Crippen molar-refractivity contribution in [1.82, 2.24) is 14.8 Å². The molecule has 5 heteroatoms. The second-order valence-corrected chi connectivity index (χ2v) is 5.68. The molecule has 0 bridgehead atoms. The maximum Gasteiger partial charge on any atom is 0.162 e. The summed E-state index contributed by atoms with van der Waals surface area (Å²) in [7, 11) is 1.69. The van der Waals surface area contributed by atoms with Gasteiger partial charge >= 0.3 is 0 Å². The van der Waals surface area contributed by atoms with Crippen molar-refractivity contribution >= 4 is 0 Å². The first kappa shape index (κ1) is 14.2. The number of methoxy groups -OCH3 is 1. The van der Waals surface area contributed by atoms with Gasteiger partial charge in [-0.15, -0.1) is 10.2 Å². The van der Waals surface area contributed by atoms with Gasteiger partial charge in [-0.25, -0.2) is 0 Å². The average molecular weight is 287 g/mol. The Kier molecular flexibility index (Phi) is 4.03. The number of rotatable bonds is 4. The van der Waals surface area contributed by atoms with E-state index in [0.29, 0.717) is 11.8 Å². The van der Waals surface area contributed by atoms with E-state index in [9.17, 15) is 0 Å². The maximum absolute atomic E-state index is 6.01. The standard InChI is InChI=1S/C16H21N3O2/c1-11-12(2)16(20-3)21-14(11)15-18-17-10-19(15)9-13-7-5-4-6-8-13/h4-8,10-12,14,16H,9H2,1-3H3/t11-,12+,14-,16?/m0/s1. The Morgan fingerprint density at radius 1 is 1.19 bits per heavy atom. The Morgan fingerprint density at radius 2 is 1.95 bits per heavy atom. The molecule has 2 heterocycles. The van der Waals surface area contributed by atoms with Crippen molar-refractivity contribution in [2.45, 2.75) is 32.8 Å². The molecule has 1 fully saturated rings. The summed E-state index contributed by atoms with van der Waals surface area (Å²) >= 11 is 0. The van der Waals surface area contributed by atoms with Crippen LogP contribution in [0.4, 0.5) is 0 Å². The first-order valence-corrected chi connectivity index (χ1v) is 7.30. The molecule has 0 aliphatic carbocycles. The molecular weight excluding hydrogens is 266 g/mol. The molecule has 1 saturated heterocycles. The van der Waals surface area contributed by atoms with Crippen LogP contribution in [0.2, 0.25) is 0 Å². The fraction of sp³-hybridized carbons (Fsp3) is 0.500. The van der Waals surface area contributed by atoms with E-state index in [1.54, 1.807) is 13.4 Å². The summed E-state index contributed by atoms with van der Waals surface area (Å²) in [6, 6.07) is 10.3. The molecule has 5 nitrogen and oxygen atoms in total. The molecule has 1 aromatic carbocycles. The smallest absolute Gasteiger partial charge is 0.162 e. The molecule has 1 unspecified atom stereocenters. The monoisotopic (exact) mass is 287 g/mol. The fourth-order valence-corrected chi connectivity index (χ4v) is 2.87. The summed E-state index contributed by atoms with van der Waals surface area (Å²) in [5, 5.41) is 8.35. The van der Waals surface area contributed by atoms with Gasteiger partial charge in [0.15, 0.2) is 12.1 Å². The molecule has 0 N–H and O–H groups in total. The quantitative estimate of drug-likeness (QED) is 0.867. The van der Waals surface area contributed by atoms with Crippen molar-refractivity contribution in [3.8, 4) is 0 Å². The van der Waals surface area contributed by atoms with E-state index in [0.717, 1.165) is 12.4 Å². The highest BCUT2D eigenvalue weighted by Gasteiger charge is 2.42. The predicted molar refractivity (Wildman–Crippen MR) is 78.5 cm³/mol. The molecule has 112 valence electrons. The summed E-state index contributed by atoms with van der Waals surface area (Å²) in [6.07, 6.45) is 1.52. The highest BCUT2D eigenvalue weighted by molar-refractivity contribution is 5.16. The Balaban J connectivity index is 1.83. The van der Waals surface area contributed by atoms with Crippen LogP contribution in [0.3, 0.4) is 0 Å². The lowest BCUT2D eigenvalue weighted by molar-refractivity contribution is -0.132. The Labute approximate surface area is 124 Å². The second-order valence-electron chi connectivity index (χ2n) is 5.68. The van der Waals surface area contributed by atoms with Gasteiger partial charge in [0.05, 0.1) is 6.54 Å². The number of ether oxygens (including phenoxy) is 2. The zero-order valence-corrected chi connectivity index (χ0v) is 12.6. The zero-order chi connectivity index (χ0) is 14.8. The lowest BCUT2D eigenvalue weighted by atomic mass is 9.93. The van der Waals surface area contributed by atoms with Gasteiger partial charge in [0.1, 0.15) is 12.4 Å².